The van der Waals surface area contributed by atoms with Crippen LogP contribution in [0.5, 0.6) is 5.75 Å². The largest absolute Gasteiger partial charge is 0.508 e. The molecule has 2 unspecified atom stereocenters. The molecule has 5 N–H and O–H groups in total. The molecule has 2 aromatic rings. The number of aromatic hydroxyl groups is 1. The normalized spacial score (nSPS) is 12.6. The Morgan fingerprint density at radius 1 is 0.921 bits per heavy atom. The van der Waals surface area contributed by atoms with Crippen LogP contribution in [0.2, 0.25) is 0 Å². The van der Waals surface area contributed by atoms with Gasteiger partial charge in [0.25, 0.3) is 0 Å². The molecule has 0 saturated heterocycles. The number of rotatable bonds is 10. The number of aliphatic carboxylic acids is 1. The van der Waals surface area contributed by atoms with E-state index in [0.717, 1.165) is 5.56 Å². The molecular weight excluding hydrogens is 494 g/mol. The van der Waals surface area contributed by atoms with Gasteiger partial charge < -0.3 is 35.6 Å². The van der Waals surface area contributed by atoms with Crippen molar-refractivity contribution in [3.8, 4) is 5.75 Å². The Hall–Kier alpha value is -4.28. The highest BCUT2D eigenvalue weighted by Crippen LogP contribution is 2.22. The van der Waals surface area contributed by atoms with E-state index in [0.29, 0.717) is 16.7 Å². The number of phenolic OH excluding ortho intramolecular Hbond substituents is 1. The zero-order valence-electron chi connectivity index (χ0n) is 22.2. The fourth-order valence-electron chi connectivity index (χ4n) is 3.58. The highest BCUT2D eigenvalue weighted by atomic mass is 16.6. The van der Waals surface area contributed by atoms with Crippen LogP contribution >= 0.6 is 0 Å². The molecule has 2 rings (SSSR count). The predicted octanol–water partition coefficient (Wildman–Crippen LogP) is 2.94. The standard InChI is InChI=1S/C27H35N3O8/c1-16-11-19(31)12-17(2)20(16)13-21(30-26(36)37-15-18-9-7-6-8-10-18)23(32)29-22(24(33)34)14-28-25(35)38-27(3,4)5/h6-12,21-22,31H,13-15H2,1-5H3,(H,28,35)(H,29,32)(H,30,36)(H,33,34). The van der Waals surface area contributed by atoms with Gasteiger partial charge in [0.15, 0.2) is 0 Å². The van der Waals surface area contributed by atoms with Crippen LogP contribution < -0.4 is 16.0 Å². The summed E-state index contributed by atoms with van der Waals surface area (Å²) >= 11 is 0. The van der Waals surface area contributed by atoms with Crippen LogP contribution in [0.4, 0.5) is 9.59 Å². The molecule has 11 heteroatoms. The lowest BCUT2D eigenvalue weighted by Gasteiger charge is -2.24. The molecule has 0 radical (unpaired) electrons. The van der Waals surface area contributed by atoms with E-state index in [2.05, 4.69) is 16.0 Å². The van der Waals surface area contributed by atoms with Crippen molar-refractivity contribution >= 4 is 24.1 Å². The first-order valence-corrected chi connectivity index (χ1v) is 12.0. The molecule has 38 heavy (non-hydrogen) atoms. The fourth-order valence-corrected chi connectivity index (χ4v) is 3.58. The Bertz CT molecular complexity index is 1120. The number of hydrogen-bond donors (Lipinski definition) is 5. The number of carbonyl (C=O) groups is 4. The predicted molar refractivity (Wildman–Crippen MR) is 139 cm³/mol. The second kappa shape index (κ2) is 13.3. The van der Waals surface area contributed by atoms with Gasteiger partial charge in [-0.3, -0.25) is 4.79 Å². The number of hydrogen-bond acceptors (Lipinski definition) is 7. The van der Waals surface area contributed by atoms with Gasteiger partial charge >= 0.3 is 18.2 Å². The number of alkyl carbamates (subject to hydrolysis) is 2. The summed E-state index contributed by atoms with van der Waals surface area (Å²) in [7, 11) is 0. The van der Waals surface area contributed by atoms with Crippen LogP contribution in [0, 0.1) is 13.8 Å². The van der Waals surface area contributed by atoms with E-state index in [1.54, 1.807) is 58.9 Å². The minimum absolute atomic E-state index is 0.00392. The summed E-state index contributed by atoms with van der Waals surface area (Å²) in [5, 5.41) is 26.6. The Morgan fingerprint density at radius 2 is 1.53 bits per heavy atom. The summed E-state index contributed by atoms with van der Waals surface area (Å²) in [6, 6.07) is 9.28. The molecule has 0 bridgehead atoms. The van der Waals surface area contributed by atoms with Gasteiger partial charge in [-0.1, -0.05) is 30.3 Å². The number of phenols is 1. The molecule has 0 heterocycles. The molecule has 206 valence electrons. The smallest absolute Gasteiger partial charge is 0.408 e. The third-order valence-electron chi connectivity index (χ3n) is 5.37. The topological polar surface area (TPSA) is 163 Å². The summed E-state index contributed by atoms with van der Waals surface area (Å²) in [5.41, 5.74) is 2.00. The van der Waals surface area contributed by atoms with Crippen molar-refractivity contribution in [2.24, 2.45) is 0 Å². The zero-order chi connectivity index (χ0) is 28.5. The van der Waals surface area contributed by atoms with Gasteiger partial charge in [0.05, 0.1) is 6.54 Å². The van der Waals surface area contributed by atoms with Crippen LogP contribution in [0.15, 0.2) is 42.5 Å². The lowest BCUT2D eigenvalue weighted by molar-refractivity contribution is -0.141. The van der Waals surface area contributed by atoms with E-state index in [1.165, 1.54) is 12.1 Å². The van der Waals surface area contributed by atoms with Crippen LogP contribution in [0.25, 0.3) is 0 Å². The maximum absolute atomic E-state index is 13.2. The Balaban J connectivity index is 2.17. The summed E-state index contributed by atoms with van der Waals surface area (Å²) in [6.07, 6.45) is -1.72. The molecule has 0 aliphatic carbocycles. The number of amides is 3. The van der Waals surface area contributed by atoms with Gasteiger partial charge in [0.2, 0.25) is 5.91 Å². The summed E-state index contributed by atoms with van der Waals surface area (Å²) in [4.78, 5) is 49.5. The van der Waals surface area contributed by atoms with E-state index in [-0.39, 0.29) is 18.8 Å². The number of aryl methyl sites for hydroxylation is 2. The molecule has 11 nitrogen and oxygen atoms in total. The van der Waals surface area contributed by atoms with E-state index in [4.69, 9.17) is 9.47 Å². The minimum Gasteiger partial charge on any atom is -0.508 e. The Labute approximate surface area is 221 Å². The summed E-state index contributed by atoms with van der Waals surface area (Å²) < 4.78 is 10.3. The first-order valence-electron chi connectivity index (χ1n) is 12.0. The Morgan fingerprint density at radius 3 is 2.08 bits per heavy atom. The second-order valence-corrected chi connectivity index (χ2v) is 9.80. The SMILES string of the molecule is Cc1cc(O)cc(C)c1CC(NC(=O)OCc1ccccc1)C(=O)NC(CNC(=O)OC(C)(C)C)C(=O)O. The molecule has 0 fully saturated rings. The second-order valence-electron chi connectivity index (χ2n) is 9.80. The summed E-state index contributed by atoms with van der Waals surface area (Å²) in [6.45, 7) is 7.98. The number of carbonyl (C=O) groups excluding carboxylic acids is 3. The van der Waals surface area contributed by atoms with Crippen molar-refractivity contribution < 1.29 is 38.9 Å². The van der Waals surface area contributed by atoms with Gasteiger partial charge in [-0.25, -0.2) is 14.4 Å². The zero-order valence-corrected chi connectivity index (χ0v) is 22.2. The van der Waals surface area contributed by atoms with E-state index >= 15 is 0 Å². The van der Waals surface area contributed by atoms with E-state index < -0.39 is 48.3 Å². The number of carboxylic acids is 1. The Kier molecular flexibility index (Phi) is 10.5. The third kappa shape index (κ3) is 10.00. The molecular formula is C27H35N3O8. The van der Waals surface area contributed by atoms with Gasteiger partial charge in [0.1, 0.15) is 30.0 Å². The molecule has 2 aromatic carbocycles. The van der Waals surface area contributed by atoms with Gasteiger partial charge in [0, 0.05) is 6.42 Å². The average molecular weight is 530 g/mol. The lowest BCUT2D eigenvalue weighted by Crippen LogP contribution is -2.55. The lowest BCUT2D eigenvalue weighted by atomic mass is 9.95. The maximum atomic E-state index is 13.2. The minimum atomic E-state index is -1.50. The van der Waals surface area contributed by atoms with Crippen LogP contribution in [-0.4, -0.2) is 58.5 Å². The van der Waals surface area contributed by atoms with Crippen molar-refractivity contribution in [1.29, 1.82) is 0 Å². The van der Waals surface area contributed by atoms with E-state index in [1.807, 2.05) is 6.07 Å². The molecule has 2 atom stereocenters. The van der Waals surface area contributed by atoms with Crippen LogP contribution in [-0.2, 0) is 32.1 Å². The van der Waals surface area contributed by atoms with Gasteiger partial charge in [-0.05, 0) is 69.0 Å². The molecule has 0 aromatic heterocycles. The molecule has 0 aliphatic heterocycles. The molecule has 3 amide bonds. The first kappa shape index (κ1) is 29.9. The van der Waals surface area contributed by atoms with Gasteiger partial charge in [-0.2, -0.15) is 0 Å². The quantitative estimate of drug-likeness (QED) is 0.314. The monoisotopic (exact) mass is 529 g/mol. The highest BCUT2D eigenvalue weighted by molar-refractivity contribution is 5.90. The van der Waals surface area contributed by atoms with Crippen molar-refractivity contribution in [2.75, 3.05) is 6.54 Å². The van der Waals surface area contributed by atoms with Crippen LogP contribution in [0.1, 0.15) is 43.0 Å². The number of carboxylic acid groups (broad SMARTS) is 1. The maximum Gasteiger partial charge on any atom is 0.408 e. The van der Waals surface area contributed by atoms with Gasteiger partial charge in [-0.15, -0.1) is 0 Å². The molecule has 0 aliphatic rings. The number of nitrogens with one attached hydrogen (secondary N) is 3. The van der Waals surface area contributed by atoms with Crippen molar-refractivity contribution in [2.45, 2.75) is 65.3 Å². The highest BCUT2D eigenvalue weighted by Gasteiger charge is 2.29. The number of benzene rings is 2. The third-order valence-corrected chi connectivity index (χ3v) is 5.37. The number of ether oxygens (including phenoxy) is 2. The van der Waals surface area contributed by atoms with Crippen molar-refractivity contribution in [3.05, 3.63) is 64.7 Å². The molecule has 0 saturated carbocycles. The molecule has 0 spiro atoms. The van der Waals surface area contributed by atoms with E-state index in [9.17, 15) is 29.4 Å². The first-order chi connectivity index (χ1) is 17.7. The summed E-state index contributed by atoms with van der Waals surface area (Å²) in [5.74, 6) is -2.14. The van der Waals surface area contributed by atoms with Crippen LogP contribution in [0.3, 0.4) is 0 Å². The average Bonchev–Trinajstić information content (AvgIpc) is 2.81. The fraction of sp³-hybridized carbons (Fsp3) is 0.407. The van der Waals surface area contributed by atoms with Crippen molar-refractivity contribution in [3.63, 3.8) is 0 Å². The van der Waals surface area contributed by atoms with Crippen molar-refractivity contribution in [1.82, 2.24) is 16.0 Å².